The van der Waals surface area contributed by atoms with E-state index in [-0.39, 0.29) is 23.8 Å². The number of fused-ring (bicyclic) bond motifs is 5. The highest BCUT2D eigenvalue weighted by Gasteiger charge is 2.36. The number of amides is 1. The van der Waals surface area contributed by atoms with Crippen molar-refractivity contribution in [2.45, 2.75) is 25.3 Å². The second-order valence-electron chi connectivity index (χ2n) is 7.30. The minimum absolute atomic E-state index is 0.0612. The summed E-state index contributed by atoms with van der Waals surface area (Å²) in [5.41, 5.74) is 2.52. The Morgan fingerprint density at radius 2 is 2.00 bits per heavy atom. The highest BCUT2D eigenvalue weighted by molar-refractivity contribution is 5.86. The van der Waals surface area contributed by atoms with Crippen molar-refractivity contribution in [1.82, 2.24) is 14.6 Å². The Labute approximate surface area is 150 Å². The van der Waals surface area contributed by atoms with Gasteiger partial charge in [0.2, 0.25) is 5.91 Å². The molecule has 1 aromatic carbocycles. The van der Waals surface area contributed by atoms with E-state index in [0.717, 1.165) is 17.5 Å². The standard InChI is InChI=1S/C20H19N3O3/c24-19-7-3-5-17-14-8-13(11-23(17)19)10-22(12-14)20(25)9-16-15-4-1-2-6-18(15)26-21-16/h1-7,13-14H,8-12H2. The lowest BCUT2D eigenvalue weighted by Gasteiger charge is -2.42. The first-order valence-electron chi connectivity index (χ1n) is 9.00. The van der Waals surface area contributed by atoms with E-state index in [1.54, 1.807) is 6.07 Å². The molecule has 2 aromatic heterocycles. The van der Waals surface area contributed by atoms with Gasteiger partial charge in [-0.1, -0.05) is 23.4 Å². The molecule has 0 radical (unpaired) electrons. The first-order chi connectivity index (χ1) is 12.7. The van der Waals surface area contributed by atoms with Crippen molar-refractivity contribution >= 4 is 16.9 Å². The summed E-state index contributed by atoms with van der Waals surface area (Å²) in [6.07, 6.45) is 1.29. The number of piperidine rings is 1. The number of likely N-dealkylation sites (tertiary alicyclic amines) is 1. The van der Waals surface area contributed by atoms with Crippen molar-refractivity contribution in [1.29, 1.82) is 0 Å². The topological polar surface area (TPSA) is 68.3 Å². The molecule has 4 heterocycles. The van der Waals surface area contributed by atoms with Crippen LogP contribution in [0.2, 0.25) is 0 Å². The van der Waals surface area contributed by atoms with Crippen LogP contribution in [0.3, 0.4) is 0 Å². The average molecular weight is 349 g/mol. The molecule has 1 amide bonds. The van der Waals surface area contributed by atoms with Crippen LogP contribution in [0.5, 0.6) is 0 Å². The maximum absolute atomic E-state index is 12.9. The van der Waals surface area contributed by atoms with Crippen molar-refractivity contribution in [3.63, 3.8) is 0 Å². The third kappa shape index (κ3) is 2.44. The summed E-state index contributed by atoms with van der Waals surface area (Å²) in [6, 6.07) is 13.1. The Balaban J connectivity index is 1.39. The van der Waals surface area contributed by atoms with Gasteiger partial charge in [-0.25, -0.2) is 0 Å². The molecule has 0 N–H and O–H groups in total. The predicted molar refractivity (Wildman–Crippen MR) is 95.8 cm³/mol. The third-order valence-corrected chi connectivity index (χ3v) is 5.60. The number of rotatable bonds is 2. The Morgan fingerprint density at radius 1 is 1.12 bits per heavy atom. The van der Waals surface area contributed by atoms with E-state index in [9.17, 15) is 9.59 Å². The minimum Gasteiger partial charge on any atom is -0.356 e. The van der Waals surface area contributed by atoms with Crippen LogP contribution in [0.25, 0.3) is 11.0 Å². The molecule has 132 valence electrons. The molecule has 2 aliphatic rings. The van der Waals surface area contributed by atoms with Gasteiger partial charge in [-0.3, -0.25) is 9.59 Å². The number of hydrogen-bond donors (Lipinski definition) is 0. The molecule has 26 heavy (non-hydrogen) atoms. The van der Waals surface area contributed by atoms with E-state index in [0.29, 0.717) is 36.8 Å². The molecule has 5 rings (SSSR count). The van der Waals surface area contributed by atoms with E-state index in [4.69, 9.17) is 4.52 Å². The summed E-state index contributed by atoms with van der Waals surface area (Å²) >= 11 is 0. The fraction of sp³-hybridized carbons (Fsp3) is 0.350. The largest absolute Gasteiger partial charge is 0.356 e. The van der Waals surface area contributed by atoms with E-state index < -0.39 is 0 Å². The first kappa shape index (κ1) is 15.4. The van der Waals surface area contributed by atoms with Gasteiger partial charge in [0, 0.05) is 42.7 Å². The van der Waals surface area contributed by atoms with Gasteiger partial charge in [-0.2, -0.15) is 0 Å². The molecular weight excluding hydrogens is 330 g/mol. The van der Waals surface area contributed by atoms with Crippen molar-refractivity contribution in [3.05, 3.63) is 64.2 Å². The zero-order valence-corrected chi connectivity index (χ0v) is 14.3. The normalized spacial score (nSPS) is 21.6. The second kappa shape index (κ2) is 5.83. The third-order valence-electron chi connectivity index (χ3n) is 5.60. The average Bonchev–Trinajstić information content (AvgIpc) is 3.05. The van der Waals surface area contributed by atoms with Crippen molar-refractivity contribution in [2.24, 2.45) is 5.92 Å². The van der Waals surface area contributed by atoms with E-state index in [1.165, 1.54) is 0 Å². The van der Waals surface area contributed by atoms with Gasteiger partial charge >= 0.3 is 0 Å². The molecule has 2 aliphatic heterocycles. The van der Waals surface area contributed by atoms with Crippen LogP contribution in [-0.2, 0) is 17.8 Å². The maximum Gasteiger partial charge on any atom is 0.250 e. The fourth-order valence-corrected chi connectivity index (χ4v) is 4.42. The molecule has 6 nitrogen and oxygen atoms in total. The van der Waals surface area contributed by atoms with Crippen LogP contribution < -0.4 is 5.56 Å². The molecule has 0 aliphatic carbocycles. The molecule has 6 heteroatoms. The monoisotopic (exact) mass is 349 g/mol. The summed E-state index contributed by atoms with van der Waals surface area (Å²) in [6.45, 7) is 2.06. The molecule has 1 fully saturated rings. The smallest absolute Gasteiger partial charge is 0.250 e. The number of hydrogen-bond acceptors (Lipinski definition) is 4. The van der Waals surface area contributed by atoms with E-state index in [1.807, 2.05) is 45.9 Å². The summed E-state index contributed by atoms with van der Waals surface area (Å²) in [5, 5.41) is 4.98. The van der Waals surface area contributed by atoms with Crippen LogP contribution in [0.4, 0.5) is 0 Å². The summed E-state index contributed by atoms with van der Waals surface area (Å²) < 4.78 is 7.19. The van der Waals surface area contributed by atoms with Crippen LogP contribution in [0, 0.1) is 5.92 Å². The van der Waals surface area contributed by atoms with Gasteiger partial charge in [0.1, 0.15) is 5.69 Å². The van der Waals surface area contributed by atoms with Crippen LogP contribution in [0.1, 0.15) is 23.7 Å². The Hall–Kier alpha value is -2.89. The number of carbonyl (C=O) groups is 1. The molecule has 2 atom stereocenters. The summed E-state index contributed by atoms with van der Waals surface area (Å²) in [7, 11) is 0. The Morgan fingerprint density at radius 3 is 2.92 bits per heavy atom. The van der Waals surface area contributed by atoms with Gasteiger partial charge in [0.25, 0.3) is 5.56 Å². The number of carbonyl (C=O) groups excluding carboxylic acids is 1. The number of aromatic nitrogens is 2. The van der Waals surface area contributed by atoms with Crippen molar-refractivity contribution < 1.29 is 9.32 Å². The van der Waals surface area contributed by atoms with E-state index >= 15 is 0 Å². The zero-order valence-electron chi connectivity index (χ0n) is 14.3. The number of benzene rings is 1. The molecule has 1 saturated heterocycles. The van der Waals surface area contributed by atoms with Gasteiger partial charge in [0.05, 0.1) is 6.42 Å². The number of nitrogens with zero attached hydrogens (tertiary/aromatic N) is 3. The van der Waals surface area contributed by atoms with Crippen LogP contribution in [-0.4, -0.2) is 33.6 Å². The highest BCUT2D eigenvalue weighted by atomic mass is 16.5. The SMILES string of the molecule is O=C(Cc1noc2ccccc12)N1CC2CC(C1)c1cccc(=O)n1C2. The number of para-hydroxylation sites is 1. The van der Waals surface area contributed by atoms with Gasteiger partial charge < -0.3 is 14.0 Å². The molecule has 2 bridgehead atoms. The fourth-order valence-electron chi connectivity index (χ4n) is 4.42. The number of pyridine rings is 1. The van der Waals surface area contributed by atoms with Crippen LogP contribution >= 0.6 is 0 Å². The Kier molecular flexibility index (Phi) is 3.45. The lowest BCUT2D eigenvalue weighted by atomic mass is 9.83. The van der Waals surface area contributed by atoms with Gasteiger partial charge in [-0.05, 0) is 30.5 Å². The first-order valence-corrected chi connectivity index (χ1v) is 9.00. The summed E-state index contributed by atoms with van der Waals surface area (Å²) in [5.74, 6) is 0.638. The molecule has 0 spiro atoms. The lowest BCUT2D eigenvalue weighted by molar-refractivity contribution is -0.133. The van der Waals surface area contributed by atoms with Crippen molar-refractivity contribution in [2.75, 3.05) is 13.1 Å². The quantitative estimate of drug-likeness (QED) is 0.711. The zero-order chi connectivity index (χ0) is 17.7. The predicted octanol–water partition coefficient (Wildman–Crippen LogP) is 2.18. The molecular formula is C20H19N3O3. The molecule has 3 aromatic rings. The van der Waals surface area contributed by atoms with Gasteiger partial charge in [-0.15, -0.1) is 0 Å². The lowest BCUT2D eigenvalue weighted by Crippen LogP contribution is -2.49. The molecule has 2 unspecified atom stereocenters. The molecule has 0 saturated carbocycles. The van der Waals surface area contributed by atoms with Crippen molar-refractivity contribution in [3.8, 4) is 0 Å². The van der Waals surface area contributed by atoms with Gasteiger partial charge in [0.15, 0.2) is 5.58 Å². The minimum atomic E-state index is 0.0612. The maximum atomic E-state index is 12.9. The van der Waals surface area contributed by atoms with Crippen LogP contribution in [0.15, 0.2) is 51.8 Å². The second-order valence-corrected chi connectivity index (χ2v) is 7.30. The highest BCUT2D eigenvalue weighted by Crippen LogP contribution is 2.35. The van der Waals surface area contributed by atoms with E-state index in [2.05, 4.69) is 5.16 Å². The summed E-state index contributed by atoms with van der Waals surface area (Å²) in [4.78, 5) is 26.9. The Bertz CT molecular complexity index is 1050.